The first-order chi connectivity index (χ1) is 9.99. The molecular weight excluding hydrogens is 262 g/mol. The normalized spacial score (nSPS) is 11.7. The van der Waals surface area contributed by atoms with Crippen LogP contribution in [-0.2, 0) is 0 Å². The molecule has 1 rings (SSSR count). The lowest BCUT2D eigenvalue weighted by Gasteiger charge is -2.21. The van der Waals surface area contributed by atoms with Crippen molar-refractivity contribution in [2.24, 2.45) is 5.92 Å². The van der Waals surface area contributed by atoms with E-state index >= 15 is 0 Å². The van der Waals surface area contributed by atoms with Crippen LogP contribution in [0.25, 0.3) is 0 Å². The van der Waals surface area contributed by atoms with Crippen LogP contribution >= 0.6 is 0 Å². The van der Waals surface area contributed by atoms with Crippen molar-refractivity contribution in [1.82, 2.24) is 5.32 Å². The van der Waals surface area contributed by atoms with Crippen LogP contribution in [0.2, 0.25) is 0 Å². The highest BCUT2D eigenvalue weighted by molar-refractivity contribution is 5.97. The maximum atomic E-state index is 12.5. The second kappa shape index (κ2) is 8.49. The Morgan fingerprint density at radius 2 is 2.10 bits per heavy atom. The largest absolute Gasteiger partial charge is 0.395 e. The van der Waals surface area contributed by atoms with E-state index < -0.39 is 0 Å². The summed E-state index contributed by atoms with van der Waals surface area (Å²) >= 11 is 0. The van der Waals surface area contributed by atoms with Crippen molar-refractivity contribution in [2.75, 3.05) is 6.61 Å². The van der Waals surface area contributed by atoms with Gasteiger partial charge in [0, 0.05) is 18.0 Å². The highest BCUT2D eigenvalue weighted by Crippen LogP contribution is 2.13. The zero-order valence-electron chi connectivity index (χ0n) is 13.4. The molecule has 21 heavy (non-hydrogen) atoms. The van der Waals surface area contributed by atoms with E-state index in [4.69, 9.17) is 5.11 Å². The number of aliphatic hydroxyl groups excluding tert-OH is 1. The van der Waals surface area contributed by atoms with Crippen LogP contribution in [0.15, 0.2) is 18.2 Å². The quantitative estimate of drug-likeness (QED) is 0.818. The van der Waals surface area contributed by atoms with E-state index in [1.54, 1.807) is 0 Å². The molecule has 0 fully saturated rings. The van der Waals surface area contributed by atoms with Gasteiger partial charge in [-0.2, -0.15) is 0 Å². The third-order valence-corrected chi connectivity index (χ3v) is 3.44. The van der Waals surface area contributed by atoms with Crippen LogP contribution in [-0.4, -0.2) is 23.7 Å². The first kappa shape index (κ1) is 17.3. The number of hydrogen-bond acceptors (Lipinski definition) is 2. The van der Waals surface area contributed by atoms with E-state index in [1.807, 2.05) is 25.1 Å². The molecule has 3 nitrogen and oxygen atoms in total. The fraction of sp³-hybridized carbons (Fsp3) is 0.500. The minimum absolute atomic E-state index is 0.0333. The average molecular weight is 287 g/mol. The van der Waals surface area contributed by atoms with Gasteiger partial charge in [-0.3, -0.25) is 4.79 Å². The summed E-state index contributed by atoms with van der Waals surface area (Å²) in [6, 6.07) is 5.82. The molecule has 1 amide bonds. The molecule has 0 bridgehead atoms. The molecule has 0 radical (unpaired) electrons. The molecule has 0 aromatic heterocycles. The van der Waals surface area contributed by atoms with Crippen LogP contribution in [0, 0.1) is 24.7 Å². The number of nitrogens with one attached hydrogen (secondary N) is 1. The van der Waals surface area contributed by atoms with Gasteiger partial charge >= 0.3 is 0 Å². The van der Waals surface area contributed by atoms with Gasteiger partial charge in [-0.25, -0.2) is 0 Å². The topological polar surface area (TPSA) is 49.3 Å². The van der Waals surface area contributed by atoms with E-state index in [0.29, 0.717) is 17.9 Å². The van der Waals surface area contributed by atoms with Crippen molar-refractivity contribution in [2.45, 2.75) is 46.6 Å². The monoisotopic (exact) mass is 287 g/mol. The third-order valence-electron chi connectivity index (χ3n) is 3.44. The predicted molar refractivity (Wildman–Crippen MR) is 86.1 cm³/mol. The second-order valence-electron chi connectivity index (χ2n) is 5.56. The van der Waals surface area contributed by atoms with Crippen molar-refractivity contribution >= 4 is 5.91 Å². The van der Waals surface area contributed by atoms with Crippen molar-refractivity contribution in [3.63, 3.8) is 0 Å². The Labute approximate surface area is 127 Å². The molecule has 1 aromatic rings. The second-order valence-corrected chi connectivity index (χ2v) is 5.56. The molecule has 2 N–H and O–H groups in total. The first-order valence-corrected chi connectivity index (χ1v) is 7.50. The number of aliphatic hydroxyl groups is 1. The van der Waals surface area contributed by atoms with Crippen molar-refractivity contribution < 1.29 is 9.90 Å². The van der Waals surface area contributed by atoms with E-state index in [1.165, 1.54) is 0 Å². The molecule has 0 aliphatic rings. The summed E-state index contributed by atoms with van der Waals surface area (Å²) in [6.07, 6.45) is 1.32. The summed E-state index contributed by atoms with van der Waals surface area (Å²) in [5.41, 5.74) is 2.39. The Morgan fingerprint density at radius 3 is 2.67 bits per heavy atom. The molecule has 0 saturated carbocycles. The lowest BCUT2D eigenvalue weighted by atomic mass is 9.99. The molecule has 1 aromatic carbocycles. The maximum absolute atomic E-state index is 12.5. The summed E-state index contributed by atoms with van der Waals surface area (Å²) in [5.74, 6) is 6.19. The van der Waals surface area contributed by atoms with Gasteiger partial charge in [0.05, 0.1) is 12.2 Å². The lowest BCUT2D eigenvalue weighted by Crippen LogP contribution is -2.38. The fourth-order valence-corrected chi connectivity index (χ4v) is 2.16. The number of benzene rings is 1. The minimum Gasteiger partial charge on any atom is -0.395 e. The molecule has 0 heterocycles. The summed E-state index contributed by atoms with van der Waals surface area (Å²) in [7, 11) is 0. The number of amides is 1. The van der Waals surface area contributed by atoms with Crippen molar-refractivity contribution in [3.8, 4) is 11.8 Å². The van der Waals surface area contributed by atoms with Crippen molar-refractivity contribution in [1.29, 1.82) is 0 Å². The van der Waals surface area contributed by atoms with Gasteiger partial charge in [0.2, 0.25) is 0 Å². The molecule has 0 aliphatic carbocycles. The zero-order valence-corrected chi connectivity index (χ0v) is 13.4. The third kappa shape index (κ3) is 5.24. The van der Waals surface area contributed by atoms with Crippen LogP contribution in [0.1, 0.15) is 55.1 Å². The summed E-state index contributed by atoms with van der Waals surface area (Å²) in [4.78, 5) is 12.5. The number of carbonyl (C=O) groups is 1. The molecule has 114 valence electrons. The smallest absolute Gasteiger partial charge is 0.252 e. The van der Waals surface area contributed by atoms with Gasteiger partial charge in [-0.05, 0) is 37.0 Å². The van der Waals surface area contributed by atoms with Crippen LogP contribution < -0.4 is 5.32 Å². The first-order valence-electron chi connectivity index (χ1n) is 7.50. The predicted octanol–water partition coefficient (Wildman–Crippen LogP) is 2.89. The van der Waals surface area contributed by atoms with Gasteiger partial charge < -0.3 is 10.4 Å². The molecular formula is C18H25NO2. The maximum Gasteiger partial charge on any atom is 0.252 e. The highest BCUT2D eigenvalue weighted by atomic mass is 16.2. The minimum atomic E-state index is -0.0798. The number of rotatable bonds is 5. The fourth-order valence-electron chi connectivity index (χ4n) is 2.16. The van der Waals surface area contributed by atoms with Gasteiger partial charge in [0.15, 0.2) is 0 Å². The highest BCUT2D eigenvalue weighted by Gasteiger charge is 2.17. The molecule has 1 atom stereocenters. The number of carbonyl (C=O) groups excluding carboxylic acids is 1. The lowest BCUT2D eigenvalue weighted by molar-refractivity contribution is 0.0924. The van der Waals surface area contributed by atoms with E-state index in [2.05, 4.69) is 37.9 Å². The van der Waals surface area contributed by atoms with Crippen molar-refractivity contribution in [3.05, 3.63) is 34.9 Å². The van der Waals surface area contributed by atoms with Gasteiger partial charge in [-0.15, -0.1) is 0 Å². The summed E-state index contributed by atoms with van der Waals surface area (Å²) in [6.45, 7) is 8.28. The molecule has 0 spiro atoms. The Morgan fingerprint density at radius 1 is 1.38 bits per heavy atom. The van der Waals surface area contributed by atoms with Crippen LogP contribution in [0.5, 0.6) is 0 Å². The van der Waals surface area contributed by atoms with E-state index in [0.717, 1.165) is 17.5 Å². The molecule has 0 saturated heterocycles. The Bertz CT molecular complexity index is 538. The SMILES string of the molecule is CCC(NC(=O)c1ccc(C)cc1C#CCCO)C(C)C. The molecule has 3 heteroatoms. The Hall–Kier alpha value is -1.79. The Balaban J connectivity index is 3.01. The number of hydrogen-bond donors (Lipinski definition) is 2. The average Bonchev–Trinajstić information content (AvgIpc) is 2.44. The zero-order chi connectivity index (χ0) is 15.8. The molecule has 1 unspecified atom stereocenters. The summed E-state index contributed by atoms with van der Waals surface area (Å²) in [5, 5.41) is 11.9. The van der Waals surface area contributed by atoms with Gasteiger partial charge in [-0.1, -0.05) is 38.7 Å². The van der Waals surface area contributed by atoms with Crippen LogP contribution in [0.3, 0.4) is 0 Å². The van der Waals surface area contributed by atoms with Gasteiger partial charge in [0.1, 0.15) is 0 Å². The Kier molecular flexibility index (Phi) is 6.98. The summed E-state index contributed by atoms with van der Waals surface area (Å²) < 4.78 is 0. The standard InChI is InChI=1S/C18H25NO2/c1-5-17(13(2)3)19-18(21)16-10-9-14(4)12-15(16)8-6-7-11-20/h9-10,12-13,17,20H,5,7,11H2,1-4H3,(H,19,21). The van der Waals surface area contributed by atoms with Crippen LogP contribution in [0.4, 0.5) is 0 Å². The molecule has 0 aliphatic heterocycles. The van der Waals surface area contributed by atoms with Gasteiger partial charge in [0.25, 0.3) is 5.91 Å². The van der Waals surface area contributed by atoms with E-state index in [9.17, 15) is 4.79 Å². The van der Waals surface area contributed by atoms with E-state index in [-0.39, 0.29) is 18.6 Å². The number of aryl methyl sites for hydroxylation is 1.